The molecule has 0 fully saturated rings. The van der Waals surface area contributed by atoms with Crippen molar-refractivity contribution in [3.8, 4) is 11.3 Å². The molecule has 2 unspecified atom stereocenters. The quantitative estimate of drug-likeness (QED) is 0.495. The van der Waals surface area contributed by atoms with Crippen molar-refractivity contribution in [3.63, 3.8) is 0 Å². The fourth-order valence-corrected chi connectivity index (χ4v) is 5.31. The molecule has 2 aliphatic rings. The second kappa shape index (κ2) is 7.66. The van der Waals surface area contributed by atoms with Crippen molar-refractivity contribution in [1.29, 1.82) is 0 Å². The molecule has 0 spiro atoms. The van der Waals surface area contributed by atoms with Crippen LogP contribution in [-0.4, -0.2) is 37.8 Å². The topological polar surface area (TPSA) is 112 Å². The minimum Gasteiger partial charge on any atom is -0.383 e. The normalized spacial score (nSPS) is 19.3. The van der Waals surface area contributed by atoms with Crippen molar-refractivity contribution in [2.24, 2.45) is 7.05 Å². The number of fused-ring (bicyclic) bond motifs is 4. The summed E-state index contributed by atoms with van der Waals surface area (Å²) in [6.07, 6.45) is 6.26. The van der Waals surface area contributed by atoms with Crippen molar-refractivity contribution < 1.29 is 14.1 Å². The van der Waals surface area contributed by atoms with Crippen LogP contribution < -0.4 is 5.73 Å². The van der Waals surface area contributed by atoms with E-state index in [1.165, 1.54) is 0 Å². The third-order valence-electron chi connectivity index (χ3n) is 7.09. The van der Waals surface area contributed by atoms with E-state index < -0.39 is 0 Å². The Morgan fingerprint density at radius 1 is 1.29 bits per heavy atom. The van der Waals surface area contributed by atoms with E-state index in [9.17, 15) is 4.79 Å². The second-order valence-corrected chi connectivity index (χ2v) is 9.18. The first kappa shape index (κ1) is 20.9. The van der Waals surface area contributed by atoms with E-state index in [2.05, 4.69) is 15.2 Å². The Balaban J connectivity index is 1.34. The molecule has 2 N–H and O–H groups in total. The maximum absolute atomic E-state index is 13.6. The van der Waals surface area contributed by atoms with Gasteiger partial charge in [-0.15, -0.1) is 0 Å². The fraction of sp³-hybridized carbons (Fsp3) is 0.360. The van der Waals surface area contributed by atoms with E-state index in [0.717, 1.165) is 63.9 Å². The molecule has 9 heteroatoms. The van der Waals surface area contributed by atoms with Crippen LogP contribution in [0.2, 0.25) is 0 Å². The number of pyridine rings is 1. The first-order valence-corrected chi connectivity index (χ1v) is 11.5. The summed E-state index contributed by atoms with van der Waals surface area (Å²) in [5.41, 5.74) is 12.3. The number of hydrogen-bond acceptors (Lipinski definition) is 7. The molecule has 0 bridgehead atoms. The van der Waals surface area contributed by atoms with Gasteiger partial charge in [-0.05, 0) is 49.9 Å². The molecule has 9 nitrogen and oxygen atoms in total. The summed E-state index contributed by atoms with van der Waals surface area (Å²) in [5.74, 6) is 1.18. The zero-order valence-electron chi connectivity index (χ0n) is 19.4. The molecule has 1 aromatic carbocycles. The largest absolute Gasteiger partial charge is 0.383 e. The molecule has 0 saturated carbocycles. The zero-order chi connectivity index (χ0) is 23.6. The number of benzene rings is 1. The molecule has 0 radical (unpaired) electrons. The molecule has 6 rings (SSSR count). The van der Waals surface area contributed by atoms with Gasteiger partial charge in [0.25, 0.3) is 5.91 Å². The molecule has 34 heavy (non-hydrogen) atoms. The highest BCUT2D eigenvalue weighted by Crippen LogP contribution is 2.40. The lowest BCUT2D eigenvalue weighted by Crippen LogP contribution is -2.33. The number of aryl methyl sites for hydroxylation is 1. The highest BCUT2D eigenvalue weighted by molar-refractivity contribution is 5.99. The van der Waals surface area contributed by atoms with Gasteiger partial charge in [-0.2, -0.15) is 5.10 Å². The first-order chi connectivity index (χ1) is 16.4. The monoisotopic (exact) mass is 458 g/mol. The number of aromatic nitrogens is 4. The first-order valence-electron chi connectivity index (χ1n) is 11.5. The molecule has 174 valence electrons. The molecule has 2 atom stereocenters. The molecular formula is C25H26N6O3. The highest BCUT2D eigenvalue weighted by Gasteiger charge is 2.34. The van der Waals surface area contributed by atoms with Crippen LogP contribution in [0.3, 0.4) is 0 Å². The molecule has 3 aromatic heterocycles. The number of anilines is 1. The number of amides is 1. The van der Waals surface area contributed by atoms with Gasteiger partial charge in [-0.25, -0.2) is 4.98 Å². The minimum atomic E-state index is -0.177. The smallest absolute Gasteiger partial charge is 0.254 e. The fourth-order valence-electron chi connectivity index (χ4n) is 5.31. The Kier molecular flexibility index (Phi) is 4.70. The van der Waals surface area contributed by atoms with E-state index in [0.29, 0.717) is 18.0 Å². The summed E-state index contributed by atoms with van der Waals surface area (Å²) >= 11 is 0. The van der Waals surface area contributed by atoms with Crippen LogP contribution in [0.4, 0.5) is 5.82 Å². The highest BCUT2D eigenvalue weighted by atomic mass is 16.5. The molecule has 4 aromatic rings. The Morgan fingerprint density at radius 3 is 2.94 bits per heavy atom. The molecule has 4 heterocycles. The Labute approximate surface area is 196 Å². The van der Waals surface area contributed by atoms with Gasteiger partial charge in [-0.1, -0.05) is 5.16 Å². The van der Waals surface area contributed by atoms with Gasteiger partial charge in [0, 0.05) is 47.9 Å². The molecule has 0 saturated heterocycles. The van der Waals surface area contributed by atoms with E-state index in [1.807, 2.05) is 45.4 Å². The van der Waals surface area contributed by atoms with Crippen LogP contribution in [0.5, 0.6) is 0 Å². The Hall–Kier alpha value is -3.72. The van der Waals surface area contributed by atoms with Crippen LogP contribution >= 0.6 is 0 Å². The molecule has 1 aliphatic carbocycles. The lowest BCUT2D eigenvalue weighted by Gasteiger charge is -2.30. The van der Waals surface area contributed by atoms with E-state index in [-0.39, 0.29) is 18.1 Å². The predicted octanol–water partition coefficient (Wildman–Crippen LogP) is 3.95. The lowest BCUT2D eigenvalue weighted by atomic mass is 9.90. The van der Waals surface area contributed by atoms with E-state index in [1.54, 1.807) is 15.8 Å². The molecular weight excluding hydrogens is 432 g/mol. The van der Waals surface area contributed by atoms with Crippen molar-refractivity contribution in [2.75, 3.05) is 12.8 Å². The Morgan fingerprint density at radius 2 is 2.15 bits per heavy atom. The zero-order valence-corrected chi connectivity index (χ0v) is 19.4. The second-order valence-electron chi connectivity index (χ2n) is 9.18. The number of nitrogens with two attached hydrogens (primary N) is 1. The number of carbonyl (C=O) groups excluding carboxylic acids is 1. The number of nitrogen functional groups attached to an aromatic ring is 1. The van der Waals surface area contributed by atoms with Crippen LogP contribution in [0.25, 0.3) is 22.2 Å². The SMILES string of the molecule is CC1OCc2c1c(N)nc1ccc(C(=O)N(C)C3CCCc4c(-c5cnn(C)c5)noc43)cc21. The van der Waals surface area contributed by atoms with Gasteiger partial charge in [0.1, 0.15) is 11.5 Å². The third kappa shape index (κ3) is 3.11. The number of ether oxygens (including phenoxy) is 1. The summed E-state index contributed by atoms with van der Waals surface area (Å²) in [7, 11) is 3.70. The predicted molar refractivity (Wildman–Crippen MR) is 126 cm³/mol. The van der Waals surface area contributed by atoms with Crippen molar-refractivity contribution in [1.82, 2.24) is 24.8 Å². The van der Waals surface area contributed by atoms with Gasteiger partial charge in [0.15, 0.2) is 5.76 Å². The van der Waals surface area contributed by atoms with Crippen LogP contribution in [-0.2, 0) is 24.8 Å². The number of carbonyl (C=O) groups is 1. The lowest BCUT2D eigenvalue weighted by molar-refractivity contribution is 0.0685. The van der Waals surface area contributed by atoms with Crippen LogP contribution in [0, 0.1) is 0 Å². The van der Waals surface area contributed by atoms with Gasteiger partial charge in [0.05, 0.1) is 30.5 Å². The molecule has 1 amide bonds. The molecule has 1 aliphatic heterocycles. The van der Waals surface area contributed by atoms with Crippen LogP contribution in [0.1, 0.15) is 64.7 Å². The summed E-state index contributed by atoms with van der Waals surface area (Å²) in [6.45, 7) is 2.44. The maximum Gasteiger partial charge on any atom is 0.254 e. The number of nitrogens with zero attached hydrogens (tertiary/aromatic N) is 5. The summed E-state index contributed by atoms with van der Waals surface area (Å²) in [4.78, 5) is 19.9. The van der Waals surface area contributed by atoms with Gasteiger partial charge in [0.2, 0.25) is 0 Å². The van der Waals surface area contributed by atoms with Crippen molar-refractivity contribution in [3.05, 3.63) is 58.6 Å². The third-order valence-corrected chi connectivity index (χ3v) is 7.09. The van der Waals surface area contributed by atoms with Crippen LogP contribution in [0.15, 0.2) is 35.1 Å². The average Bonchev–Trinajstić information content (AvgIpc) is 3.56. The summed E-state index contributed by atoms with van der Waals surface area (Å²) in [6, 6.07) is 5.40. The summed E-state index contributed by atoms with van der Waals surface area (Å²) in [5, 5.41) is 9.51. The van der Waals surface area contributed by atoms with Gasteiger partial charge in [-0.3, -0.25) is 9.48 Å². The minimum absolute atomic E-state index is 0.0726. The number of hydrogen-bond donors (Lipinski definition) is 1. The van der Waals surface area contributed by atoms with Gasteiger partial charge >= 0.3 is 0 Å². The average molecular weight is 459 g/mol. The Bertz CT molecular complexity index is 1440. The van der Waals surface area contributed by atoms with Gasteiger partial charge < -0.3 is 19.9 Å². The number of rotatable bonds is 3. The maximum atomic E-state index is 13.6. The van der Waals surface area contributed by atoms with Crippen molar-refractivity contribution in [2.45, 2.75) is 44.9 Å². The van der Waals surface area contributed by atoms with E-state index >= 15 is 0 Å². The summed E-state index contributed by atoms with van der Waals surface area (Å²) < 4.78 is 13.3. The standard InChI is InChI=1S/C25H26N6O3/c1-13-21-18(12-33-13)17-9-14(7-8-19(17)28-24(21)26)25(32)31(3)20-6-4-5-16-22(29-34-23(16)20)15-10-27-30(2)11-15/h7-11,13,20H,4-6,12H2,1-3H3,(H2,26,28). The van der Waals surface area contributed by atoms with E-state index in [4.69, 9.17) is 15.0 Å². The van der Waals surface area contributed by atoms with Crippen molar-refractivity contribution >= 4 is 22.6 Å².